The Morgan fingerprint density at radius 1 is 1.44 bits per heavy atom. The predicted octanol–water partition coefficient (Wildman–Crippen LogP) is 1.47. The van der Waals surface area contributed by atoms with Crippen LogP contribution in [-0.2, 0) is 9.59 Å². The van der Waals surface area contributed by atoms with Crippen LogP contribution in [0.1, 0.15) is 24.5 Å². The first-order chi connectivity index (χ1) is 8.58. The third-order valence-corrected chi connectivity index (χ3v) is 3.40. The molecule has 96 valence electrons. The van der Waals surface area contributed by atoms with Crippen molar-refractivity contribution in [2.45, 2.75) is 18.9 Å². The van der Waals surface area contributed by atoms with Crippen molar-refractivity contribution >= 4 is 23.3 Å². The smallest absolute Gasteiger partial charge is 0.224 e. The number of rotatable bonds is 4. The lowest BCUT2D eigenvalue weighted by Gasteiger charge is -2.23. The van der Waals surface area contributed by atoms with Gasteiger partial charge in [0.1, 0.15) is 5.78 Å². The second-order valence-corrected chi connectivity index (χ2v) is 4.83. The summed E-state index contributed by atoms with van der Waals surface area (Å²) in [6, 6.07) is 6.95. The van der Waals surface area contributed by atoms with E-state index in [9.17, 15) is 14.7 Å². The van der Waals surface area contributed by atoms with Gasteiger partial charge < -0.3 is 10.4 Å². The lowest BCUT2D eigenvalue weighted by molar-refractivity contribution is -0.138. The minimum absolute atomic E-state index is 0.104. The molecule has 0 aromatic heterocycles. The van der Waals surface area contributed by atoms with Gasteiger partial charge in [-0.3, -0.25) is 9.59 Å². The van der Waals surface area contributed by atoms with Crippen molar-refractivity contribution in [3.05, 3.63) is 34.9 Å². The zero-order valence-corrected chi connectivity index (χ0v) is 10.5. The van der Waals surface area contributed by atoms with Crippen LogP contribution in [0.25, 0.3) is 0 Å². The van der Waals surface area contributed by atoms with Crippen molar-refractivity contribution < 1.29 is 14.7 Å². The number of hydrogen-bond donors (Lipinski definition) is 2. The van der Waals surface area contributed by atoms with E-state index in [1.807, 2.05) is 0 Å². The highest BCUT2D eigenvalue weighted by Crippen LogP contribution is 2.24. The molecule has 1 aromatic rings. The van der Waals surface area contributed by atoms with E-state index in [-0.39, 0.29) is 24.2 Å². The molecule has 0 spiro atoms. The van der Waals surface area contributed by atoms with Gasteiger partial charge in [0.25, 0.3) is 0 Å². The molecule has 1 unspecified atom stereocenters. The van der Waals surface area contributed by atoms with Crippen LogP contribution < -0.4 is 5.32 Å². The van der Waals surface area contributed by atoms with Crippen LogP contribution in [0.5, 0.6) is 0 Å². The average molecular weight is 268 g/mol. The van der Waals surface area contributed by atoms with Gasteiger partial charge in [0.2, 0.25) is 5.91 Å². The molecule has 1 fully saturated rings. The molecule has 4 nitrogen and oxygen atoms in total. The summed E-state index contributed by atoms with van der Waals surface area (Å²) < 4.78 is 0. The van der Waals surface area contributed by atoms with Crippen LogP contribution in [-0.4, -0.2) is 23.3 Å². The Kier molecular flexibility index (Phi) is 3.99. The summed E-state index contributed by atoms with van der Waals surface area (Å²) in [5, 5.41) is 13.0. The lowest BCUT2D eigenvalue weighted by atomic mass is 9.83. The number of carbonyl (C=O) groups is 2. The van der Waals surface area contributed by atoms with E-state index < -0.39 is 6.10 Å². The molecule has 2 N–H and O–H groups in total. The zero-order chi connectivity index (χ0) is 13.1. The molecule has 2 rings (SSSR count). The molecule has 0 bridgehead atoms. The van der Waals surface area contributed by atoms with Crippen LogP contribution in [0.2, 0.25) is 5.02 Å². The SMILES string of the molecule is O=C1CC(C(=O)NCC(O)c2ccccc2Cl)C1. The van der Waals surface area contributed by atoms with E-state index in [0.717, 1.165) is 0 Å². The topological polar surface area (TPSA) is 66.4 Å². The van der Waals surface area contributed by atoms with E-state index in [0.29, 0.717) is 23.4 Å². The van der Waals surface area contributed by atoms with Crippen LogP contribution in [0.15, 0.2) is 24.3 Å². The summed E-state index contributed by atoms with van der Waals surface area (Å²) in [6.45, 7) is 0.104. The van der Waals surface area contributed by atoms with Gasteiger partial charge in [-0.25, -0.2) is 0 Å². The number of Topliss-reactive ketones (excluding diaryl/α,β-unsaturated/α-hetero) is 1. The third-order valence-electron chi connectivity index (χ3n) is 3.05. The Morgan fingerprint density at radius 2 is 2.11 bits per heavy atom. The molecule has 1 amide bonds. The number of aliphatic hydroxyl groups excluding tert-OH is 1. The highest BCUT2D eigenvalue weighted by atomic mass is 35.5. The summed E-state index contributed by atoms with van der Waals surface area (Å²) in [6.07, 6.45) is -0.208. The number of amides is 1. The number of ketones is 1. The highest BCUT2D eigenvalue weighted by Gasteiger charge is 2.32. The molecule has 0 heterocycles. The van der Waals surface area contributed by atoms with Crippen molar-refractivity contribution in [2.75, 3.05) is 6.54 Å². The van der Waals surface area contributed by atoms with E-state index in [1.54, 1.807) is 24.3 Å². The Balaban J connectivity index is 1.85. The van der Waals surface area contributed by atoms with Gasteiger partial charge in [-0.15, -0.1) is 0 Å². The second-order valence-electron chi connectivity index (χ2n) is 4.43. The summed E-state index contributed by atoms with van der Waals surface area (Å²) in [4.78, 5) is 22.4. The number of nitrogens with one attached hydrogen (secondary N) is 1. The van der Waals surface area contributed by atoms with Crippen molar-refractivity contribution in [2.24, 2.45) is 5.92 Å². The molecule has 1 saturated carbocycles. The fourth-order valence-electron chi connectivity index (χ4n) is 1.87. The second kappa shape index (κ2) is 5.50. The van der Waals surface area contributed by atoms with Crippen molar-refractivity contribution in [3.8, 4) is 0 Å². The molecule has 18 heavy (non-hydrogen) atoms. The molecular formula is C13H14ClNO3. The minimum Gasteiger partial charge on any atom is -0.387 e. The van der Waals surface area contributed by atoms with E-state index >= 15 is 0 Å². The molecule has 0 radical (unpaired) electrons. The monoisotopic (exact) mass is 267 g/mol. The Morgan fingerprint density at radius 3 is 2.72 bits per heavy atom. The Hall–Kier alpha value is -1.39. The standard InChI is InChI=1S/C13H14ClNO3/c14-11-4-2-1-3-10(11)12(17)7-15-13(18)8-5-9(16)6-8/h1-4,8,12,17H,5-7H2,(H,15,18). The van der Waals surface area contributed by atoms with E-state index in [4.69, 9.17) is 11.6 Å². The van der Waals surface area contributed by atoms with E-state index in [2.05, 4.69) is 5.32 Å². The van der Waals surface area contributed by atoms with Crippen molar-refractivity contribution in [1.29, 1.82) is 0 Å². The number of carbonyl (C=O) groups excluding carboxylic acids is 2. The normalized spacial score (nSPS) is 17.1. The van der Waals surface area contributed by atoms with Gasteiger partial charge >= 0.3 is 0 Å². The molecule has 0 aliphatic heterocycles. The van der Waals surface area contributed by atoms with Gasteiger partial charge in [-0.2, -0.15) is 0 Å². The first-order valence-electron chi connectivity index (χ1n) is 5.80. The maximum absolute atomic E-state index is 11.6. The molecule has 0 saturated heterocycles. The largest absolute Gasteiger partial charge is 0.387 e. The molecule has 1 aromatic carbocycles. The average Bonchev–Trinajstić information content (AvgIpc) is 2.32. The van der Waals surface area contributed by atoms with Crippen LogP contribution >= 0.6 is 11.6 Å². The minimum atomic E-state index is -0.835. The third kappa shape index (κ3) is 2.89. The van der Waals surface area contributed by atoms with Gasteiger partial charge in [-0.05, 0) is 6.07 Å². The predicted molar refractivity (Wildman–Crippen MR) is 67.2 cm³/mol. The van der Waals surface area contributed by atoms with Crippen LogP contribution in [0, 0.1) is 5.92 Å². The summed E-state index contributed by atoms with van der Waals surface area (Å²) in [5.41, 5.74) is 0.587. The van der Waals surface area contributed by atoms with Gasteiger partial charge in [0.15, 0.2) is 0 Å². The highest BCUT2D eigenvalue weighted by molar-refractivity contribution is 6.31. The quantitative estimate of drug-likeness (QED) is 0.868. The number of halogens is 1. The molecular weight excluding hydrogens is 254 g/mol. The fraction of sp³-hybridized carbons (Fsp3) is 0.385. The number of aliphatic hydroxyl groups is 1. The lowest BCUT2D eigenvalue weighted by Crippen LogP contribution is -2.40. The van der Waals surface area contributed by atoms with E-state index in [1.165, 1.54) is 0 Å². The fourth-order valence-corrected chi connectivity index (χ4v) is 2.13. The van der Waals surface area contributed by atoms with Gasteiger partial charge in [0, 0.05) is 30.0 Å². The molecule has 1 aliphatic rings. The van der Waals surface area contributed by atoms with Crippen molar-refractivity contribution in [1.82, 2.24) is 5.32 Å². The Labute approximate surface area is 110 Å². The number of hydrogen-bond acceptors (Lipinski definition) is 3. The van der Waals surface area contributed by atoms with Crippen LogP contribution in [0.4, 0.5) is 0 Å². The van der Waals surface area contributed by atoms with Crippen molar-refractivity contribution in [3.63, 3.8) is 0 Å². The van der Waals surface area contributed by atoms with Crippen LogP contribution in [0.3, 0.4) is 0 Å². The molecule has 1 aliphatic carbocycles. The zero-order valence-electron chi connectivity index (χ0n) is 9.73. The molecule has 5 heteroatoms. The maximum Gasteiger partial charge on any atom is 0.224 e. The summed E-state index contributed by atoms with van der Waals surface area (Å²) in [5.74, 6) is -0.293. The van der Waals surface area contributed by atoms with Gasteiger partial charge in [0.05, 0.1) is 12.0 Å². The maximum atomic E-state index is 11.6. The summed E-state index contributed by atoms with van der Waals surface area (Å²) in [7, 11) is 0. The van der Waals surface area contributed by atoms with Gasteiger partial charge in [-0.1, -0.05) is 29.8 Å². The number of benzene rings is 1. The molecule has 1 atom stereocenters. The first kappa shape index (κ1) is 13.1. The Bertz CT molecular complexity index is 467. The first-order valence-corrected chi connectivity index (χ1v) is 6.17. The summed E-state index contributed by atoms with van der Waals surface area (Å²) >= 11 is 5.94.